The van der Waals surface area contributed by atoms with E-state index in [2.05, 4.69) is 5.32 Å². The molecule has 118 valence electrons. The van der Waals surface area contributed by atoms with Crippen LogP contribution in [-0.2, 0) is 0 Å². The third-order valence-electron chi connectivity index (χ3n) is 3.21. The summed E-state index contributed by atoms with van der Waals surface area (Å²) in [6.07, 6.45) is 0. The summed E-state index contributed by atoms with van der Waals surface area (Å²) in [4.78, 5) is 25.6. The highest BCUT2D eigenvalue weighted by Crippen LogP contribution is 2.14. The van der Waals surface area contributed by atoms with Crippen molar-refractivity contribution in [1.29, 1.82) is 10.5 Å². The number of carbonyl (C=O) groups excluding carboxylic acids is 2. The van der Waals surface area contributed by atoms with Crippen LogP contribution in [0.15, 0.2) is 54.6 Å². The summed E-state index contributed by atoms with van der Waals surface area (Å²) in [5.74, 6) is -0.722. The minimum Gasteiger partial charge on any atom is -0.322 e. The first-order valence-electron chi connectivity index (χ1n) is 7.15. The topological polar surface area (TPSA) is 97.0 Å². The van der Waals surface area contributed by atoms with Crippen molar-refractivity contribution in [3.63, 3.8) is 0 Å². The van der Waals surface area contributed by atoms with E-state index in [1.54, 1.807) is 42.5 Å². The maximum Gasteiger partial charge on any atom is 0.255 e. The second kappa shape index (κ2) is 8.11. The van der Waals surface area contributed by atoms with Crippen LogP contribution in [0, 0.1) is 22.7 Å². The van der Waals surface area contributed by atoms with Crippen molar-refractivity contribution in [2.75, 3.05) is 18.4 Å². The van der Waals surface area contributed by atoms with E-state index in [0.29, 0.717) is 16.8 Å². The number of nitriles is 2. The molecular formula is C18H14N4O2. The van der Waals surface area contributed by atoms with Gasteiger partial charge in [0.25, 0.3) is 11.8 Å². The molecule has 0 unspecified atom stereocenters. The predicted molar refractivity (Wildman–Crippen MR) is 88.0 cm³/mol. The number of hydrogen-bond donors (Lipinski definition) is 1. The Hall–Kier alpha value is -3.64. The molecule has 6 heteroatoms. The Balaban J connectivity index is 2.17. The van der Waals surface area contributed by atoms with Crippen molar-refractivity contribution >= 4 is 17.5 Å². The van der Waals surface area contributed by atoms with E-state index >= 15 is 0 Å². The highest BCUT2D eigenvalue weighted by Gasteiger charge is 2.16. The van der Waals surface area contributed by atoms with Crippen LogP contribution in [0.2, 0.25) is 0 Å². The Morgan fingerprint density at radius 2 is 1.54 bits per heavy atom. The molecule has 2 aromatic rings. The summed E-state index contributed by atoms with van der Waals surface area (Å²) in [6, 6.07) is 18.8. The first-order chi connectivity index (χ1) is 11.7. The van der Waals surface area contributed by atoms with Gasteiger partial charge in [0.15, 0.2) is 0 Å². The van der Waals surface area contributed by atoms with Crippen LogP contribution >= 0.6 is 0 Å². The molecule has 0 aliphatic carbocycles. The third kappa shape index (κ3) is 4.19. The van der Waals surface area contributed by atoms with E-state index < -0.39 is 5.91 Å². The lowest BCUT2D eigenvalue weighted by Crippen LogP contribution is -2.31. The third-order valence-corrected chi connectivity index (χ3v) is 3.21. The molecule has 0 saturated heterocycles. The molecule has 0 radical (unpaired) electrons. The van der Waals surface area contributed by atoms with Gasteiger partial charge in [-0.05, 0) is 30.3 Å². The largest absolute Gasteiger partial charge is 0.322 e. The first kappa shape index (κ1) is 16.7. The number of nitrogens with zero attached hydrogens (tertiary/aromatic N) is 3. The highest BCUT2D eigenvalue weighted by molar-refractivity contribution is 6.05. The normalized spacial score (nSPS) is 9.42. The van der Waals surface area contributed by atoms with Gasteiger partial charge in [0.1, 0.15) is 13.1 Å². The van der Waals surface area contributed by atoms with Gasteiger partial charge < -0.3 is 10.2 Å². The fourth-order valence-corrected chi connectivity index (χ4v) is 2.08. The fraction of sp³-hybridized carbons (Fsp3) is 0.111. The van der Waals surface area contributed by atoms with Gasteiger partial charge in [0.05, 0.1) is 12.1 Å². The minimum absolute atomic E-state index is 0.174. The molecule has 2 aromatic carbocycles. The number of carbonyl (C=O) groups is 2. The maximum absolute atomic E-state index is 12.3. The van der Waals surface area contributed by atoms with E-state index in [1.807, 2.05) is 18.2 Å². The predicted octanol–water partition coefficient (Wildman–Crippen LogP) is 2.43. The summed E-state index contributed by atoms with van der Waals surface area (Å²) in [5, 5.41) is 20.2. The number of anilines is 1. The Bertz CT molecular complexity index is 803. The lowest BCUT2D eigenvalue weighted by molar-refractivity contribution is 0.0794. The minimum atomic E-state index is -0.436. The van der Waals surface area contributed by atoms with Crippen molar-refractivity contribution in [2.24, 2.45) is 0 Å². The van der Waals surface area contributed by atoms with Crippen molar-refractivity contribution in [1.82, 2.24) is 4.90 Å². The van der Waals surface area contributed by atoms with Crippen molar-refractivity contribution in [3.05, 3.63) is 65.7 Å². The van der Waals surface area contributed by atoms with Gasteiger partial charge in [0, 0.05) is 16.8 Å². The summed E-state index contributed by atoms with van der Waals surface area (Å²) in [5.41, 5.74) is 1.26. The van der Waals surface area contributed by atoms with Gasteiger partial charge in [-0.25, -0.2) is 0 Å². The molecule has 6 nitrogen and oxygen atoms in total. The van der Waals surface area contributed by atoms with Gasteiger partial charge in [-0.1, -0.05) is 24.3 Å². The van der Waals surface area contributed by atoms with E-state index in [9.17, 15) is 9.59 Å². The van der Waals surface area contributed by atoms with Crippen molar-refractivity contribution in [3.8, 4) is 12.1 Å². The maximum atomic E-state index is 12.3. The summed E-state index contributed by atoms with van der Waals surface area (Å²) < 4.78 is 0. The standard InChI is InChI=1S/C18H14N4O2/c19-9-11-22(12-10-20)18(24)15-7-4-8-16(13-15)21-17(23)14-5-2-1-3-6-14/h1-8,13H,11-12H2,(H,21,23). The molecule has 1 N–H and O–H groups in total. The van der Waals surface area contributed by atoms with Crippen LogP contribution in [0.25, 0.3) is 0 Å². The number of rotatable bonds is 5. The molecule has 0 heterocycles. The van der Waals surface area contributed by atoms with Crippen LogP contribution in [0.1, 0.15) is 20.7 Å². The molecule has 0 fully saturated rings. The molecule has 0 aromatic heterocycles. The lowest BCUT2D eigenvalue weighted by Gasteiger charge is -2.16. The van der Waals surface area contributed by atoms with Crippen molar-refractivity contribution in [2.45, 2.75) is 0 Å². The zero-order chi connectivity index (χ0) is 17.4. The number of benzene rings is 2. The molecule has 0 saturated carbocycles. The zero-order valence-electron chi connectivity index (χ0n) is 12.8. The van der Waals surface area contributed by atoms with Gasteiger partial charge >= 0.3 is 0 Å². The van der Waals surface area contributed by atoms with E-state index in [4.69, 9.17) is 10.5 Å². The Kier molecular flexibility index (Phi) is 5.65. The summed E-state index contributed by atoms with van der Waals surface area (Å²) in [7, 11) is 0. The lowest BCUT2D eigenvalue weighted by atomic mass is 10.1. The average molecular weight is 318 g/mol. The Morgan fingerprint density at radius 3 is 2.17 bits per heavy atom. The van der Waals surface area contributed by atoms with Gasteiger partial charge in [-0.2, -0.15) is 10.5 Å². The van der Waals surface area contributed by atoms with Crippen LogP contribution in [0.3, 0.4) is 0 Å². The first-order valence-corrected chi connectivity index (χ1v) is 7.15. The van der Waals surface area contributed by atoms with Crippen LogP contribution in [0.5, 0.6) is 0 Å². The molecule has 2 amide bonds. The molecular weight excluding hydrogens is 304 g/mol. The second-order valence-corrected chi connectivity index (χ2v) is 4.88. The second-order valence-electron chi connectivity index (χ2n) is 4.88. The number of nitrogens with one attached hydrogen (secondary N) is 1. The van der Waals surface area contributed by atoms with Crippen molar-refractivity contribution < 1.29 is 9.59 Å². The summed E-state index contributed by atoms with van der Waals surface area (Å²) >= 11 is 0. The molecule has 0 bridgehead atoms. The van der Waals surface area contributed by atoms with Gasteiger partial charge in [-0.15, -0.1) is 0 Å². The molecule has 0 aliphatic rings. The SMILES string of the molecule is N#CCN(CC#N)C(=O)c1cccc(NC(=O)c2ccccc2)c1. The molecule has 0 spiro atoms. The van der Waals surface area contributed by atoms with E-state index in [1.165, 1.54) is 6.07 Å². The monoisotopic (exact) mass is 318 g/mol. The quantitative estimate of drug-likeness (QED) is 0.856. The van der Waals surface area contributed by atoms with Crippen LogP contribution in [-0.4, -0.2) is 29.8 Å². The summed E-state index contributed by atoms with van der Waals surface area (Å²) in [6.45, 7) is -0.347. The Labute approximate surface area is 139 Å². The van der Waals surface area contributed by atoms with E-state index in [-0.39, 0.29) is 19.0 Å². The number of amides is 2. The molecule has 0 atom stereocenters. The smallest absolute Gasteiger partial charge is 0.255 e. The molecule has 2 rings (SSSR count). The van der Waals surface area contributed by atoms with Gasteiger partial charge in [-0.3, -0.25) is 9.59 Å². The Morgan fingerprint density at radius 1 is 0.917 bits per heavy atom. The molecule has 24 heavy (non-hydrogen) atoms. The number of hydrogen-bond acceptors (Lipinski definition) is 4. The zero-order valence-corrected chi connectivity index (χ0v) is 12.8. The van der Waals surface area contributed by atoms with E-state index in [0.717, 1.165) is 4.90 Å². The van der Waals surface area contributed by atoms with Crippen LogP contribution < -0.4 is 5.32 Å². The highest BCUT2D eigenvalue weighted by atomic mass is 16.2. The van der Waals surface area contributed by atoms with Gasteiger partial charge in [0.2, 0.25) is 0 Å². The fourth-order valence-electron chi connectivity index (χ4n) is 2.08. The average Bonchev–Trinajstić information content (AvgIpc) is 2.62. The van der Waals surface area contributed by atoms with Crippen LogP contribution in [0.4, 0.5) is 5.69 Å². The molecule has 0 aliphatic heterocycles.